The van der Waals surface area contributed by atoms with E-state index in [1.165, 1.54) is 3.08 Å². The Bertz CT molecular complexity index is 269. The van der Waals surface area contributed by atoms with E-state index in [1.807, 2.05) is 0 Å². The quantitative estimate of drug-likeness (QED) is 0.438. The number of carboxylic acids is 1. The first-order chi connectivity index (χ1) is 6.52. The van der Waals surface area contributed by atoms with E-state index in [2.05, 4.69) is 8.81 Å². The molecule has 2 N–H and O–H groups in total. The Morgan fingerprint density at radius 1 is 1.64 bits per heavy atom. The van der Waals surface area contributed by atoms with Gasteiger partial charge in [0.15, 0.2) is 0 Å². The molecule has 0 radical (unpaired) electrons. The van der Waals surface area contributed by atoms with Gasteiger partial charge in [0.25, 0.3) is 0 Å². The van der Waals surface area contributed by atoms with E-state index in [9.17, 15) is 9.59 Å². The molecule has 14 heavy (non-hydrogen) atoms. The van der Waals surface area contributed by atoms with Crippen LogP contribution in [0.5, 0.6) is 0 Å². The van der Waals surface area contributed by atoms with Crippen molar-refractivity contribution in [3.63, 3.8) is 0 Å². The van der Waals surface area contributed by atoms with Gasteiger partial charge >= 0.3 is 104 Å². The first-order valence-corrected chi connectivity index (χ1v) is 6.32. The van der Waals surface area contributed by atoms with Crippen LogP contribution in [0.1, 0.15) is 0 Å². The second-order valence-electron chi connectivity index (χ2n) is 2.42. The standard InChI is InChI=1S/C6H11N3O3.2W/c1-8-4(6(11)12)3-9-5(10)2-7;;/h4,8H,2-3H2,1H3,(H2,9,10,11,12);;/q;;+2/p-1. The van der Waals surface area contributed by atoms with E-state index in [-0.39, 0.29) is 19.0 Å². The van der Waals surface area contributed by atoms with Gasteiger partial charge in [-0.25, -0.2) is 0 Å². The maximum atomic E-state index is 11.3. The van der Waals surface area contributed by atoms with Gasteiger partial charge in [-0.05, 0) is 0 Å². The van der Waals surface area contributed by atoms with Gasteiger partial charge in [0.05, 0.1) is 0 Å². The average molecular weight is 540 g/mol. The third-order valence-electron chi connectivity index (χ3n) is 1.47. The summed E-state index contributed by atoms with van der Waals surface area (Å²) in [5.41, 5.74) is 0. The predicted molar refractivity (Wildman–Crippen MR) is 37.9 cm³/mol. The topological polar surface area (TPSA) is 81.8 Å². The number of carbonyl (C=O) groups is 2. The fourth-order valence-corrected chi connectivity index (χ4v) is 1.83. The third-order valence-corrected chi connectivity index (χ3v) is 3.20. The summed E-state index contributed by atoms with van der Waals surface area (Å²) in [5.74, 6) is -1.08. The van der Waals surface area contributed by atoms with Crippen molar-refractivity contribution in [2.45, 2.75) is 6.04 Å². The molecule has 0 spiro atoms. The molecule has 0 aromatic heterocycles. The van der Waals surface area contributed by atoms with Crippen LogP contribution in [0.15, 0.2) is 3.50 Å². The van der Waals surface area contributed by atoms with E-state index in [0.717, 1.165) is 39.3 Å². The van der Waals surface area contributed by atoms with E-state index in [4.69, 9.17) is 5.11 Å². The molecule has 1 unspecified atom stereocenters. The van der Waals surface area contributed by atoms with Crippen LogP contribution in [-0.2, 0) is 48.9 Å². The number of nitrogens with one attached hydrogen (secondary N) is 1. The molecule has 6 nitrogen and oxygen atoms in total. The molecular weight excluding hydrogens is 530 g/mol. The van der Waals surface area contributed by atoms with Crippen LogP contribution in [0.2, 0.25) is 0 Å². The first kappa shape index (κ1) is 14.1. The van der Waals surface area contributed by atoms with Crippen molar-refractivity contribution in [2.24, 2.45) is 3.50 Å². The molecular formula is C6H10N3O3W2+. The molecule has 0 aliphatic carbocycles. The van der Waals surface area contributed by atoms with Gasteiger partial charge < -0.3 is 0 Å². The Labute approximate surface area is 104 Å². The molecule has 0 saturated heterocycles. The van der Waals surface area contributed by atoms with Crippen LogP contribution in [0, 0.1) is 0 Å². The summed E-state index contributed by atoms with van der Waals surface area (Å²) < 4.78 is 5.22. The van der Waals surface area contributed by atoms with Crippen LogP contribution in [0.4, 0.5) is 0 Å². The summed E-state index contributed by atoms with van der Waals surface area (Å²) in [4.78, 5) is 21.9. The molecule has 0 saturated carbocycles. The van der Waals surface area contributed by atoms with Gasteiger partial charge in [0, 0.05) is 0 Å². The summed E-state index contributed by atoms with van der Waals surface area (Å²) in [5, 5.41) is 11.3. The van der Waals surface area contributed by atoms with Crippen molar-refractivity contribution in [1.29, 1.82) is 0 Å². The summed E-state index contributed by atoms with van der Waals surface area (Å²) in [6.07, 6.45) is 0. The van der Waals surface area contributed by atoms with Crippen molar-refractivity contribution in [2.75, 3.05) is 20.1 Å². The molecule has 1 amide bonds. The second kappa shape index (κ2) is 7.38. The van der Waals surface area contributed by atoms with Crippen LogP contribution >= 0.6 is 0 Å². The molecule has 78 valence electrons. The van der Waals surface area contributed by atoms with E-state index < -0.39 is 12.0 Å². The molecule has 0 aliphatic heterocycles. The Morgan fingerprint density at radius 2 is 2.21 bits per heavy atom. The van der Waals surface area contributed by atoms with E-state index in [1.54, 1.807) is 7.05 Å². The van der Waals surface area contributed by atoms with Crippen molar-refractivity contribution in [3.05, 3.63) is 0 Å². The van der Waals surface area contributed by atoms with Crippen LogP contribution in [-0.4, -0.2) is 46.2 Å². The Balaban J connectivity index is 4.22. The molecule has 0 aromatic rings. The summed E-state index contributed by atoms with van der Waals surface area (Å²) in [7, 11) is 1.56. The number of likely N-dealkylation sites (N-methyl/N-ethyl adjacent to an activating group) is 1. The number of hydrogen-bond donors (Lipinski definition) is 2. The zero-order valence-corrected chi connectivity index (χ0v) is 13.3. The molecule has 0 bridgehead atoms. The van der Waals surface area contributed by atoms with Crippen LogP contribution in [0.3, 0.4) is 0 Å². The van der Waals surface area contributed by atoms with Gasteiger partial charge in [-0.2, -0.15) is 0 Å². The molecule has 0 aromatic carbocycles. The minimum atomic E-state index is -0.953. The SMILES string of the molecule is CNC(C[N+](=[W])C(=O)C[N]=[W])C(=O)O. The third kappa shape index (κ3) is 5.08. The van der Waals surface area contributed by atoms with Crippen LogP contribution < -0.4 is 5.32 Å². The number of nitrogens with zero attached hydrogens (tertiary/aromatic N) is 2. The molecule has 0 heterocycles. The first-order valence-electron chi connectivity index (χ1n) is 3.69. The van der Waals surface area contributed by atoms with Crippen molar-refractivity contribution < 1.29 is 57.0 Å². The molecule has 0 rings (SSSR count). The number of hydrogen-bond acceptors (Lipinski definition) is 4. The fourth-order valence-electron chi connectivity index (χ4n) is 0.695. The van der Waals surface area contributed by atoms with Crippen molar-refractivity contribution in [1.82, 2.24) is 5.32 Å². The van der Waals surface area contributed by atoms with Gasteiger partial charge in [0.1, 0.15) is 0 Å². The van der Waals surface area contributed by atoms with Gasteiger partial charge in [-0.15, -0.1) is 0 Å². The summed E-state index contributed by atoms with van der Waals surface area (Å²) in [6.45, 7) is 0.333. The van der Waals surface area contributed by atoms with Crippen LogP contribution in [0.25, 0.3) is 0 Å². The number of carbonyl (C=O) groups excluding carboxylic acids is 1. The predicted octanol–water partition coefficient (Wildman–Crippen LogP) is -1.34. The van der Waals surface area contributed by atoms with E-state index >= 15 is 0 Å². The number of rotatable bonds is 6. The van der Waals surface area contributed by atoms with Crippen molar-refractivity contribution in [3.8, 4) is 0 Å². The monoisotopic (exact) mass is 540 g/mol. The minimum absolute atomic E-state index is 0.128. The maximum absolute atomic E-state index is 11.3. The number of amides is 1. The van der Waals surface area contributed by atoms with Gasteiger partial charge in [-0.1, -0.05) is 0 Å². The average Bonchev–Trinajstić information content (AvgIpc) is 2.13. The molecule has 1 atom stereocenters. The number of aliphatic carboxylic acids is 1. The van der Waals surface area contributed by atoms with Gasteiger partial charge in [0.2, 0.25) is 0 Å². The second-order valence-corrected chi connectivity index (χ2v) is 4.93. The molecule has 0 aliphatic rings. The summed E-state index contributed by atoms with van der Waals surface area (Å²) in [6, 6.07) is -0.708. The zero-order valence-electron chi connectivity index (χ0n) is 7.47. The Hall–Kier alpha value is 0.0766. The Morgan fingerprint density at radius 3 is 2.57 bits per heavy atom. The normalized spacial score (nSPS) is 11.8. The molecule has 0 fully saturated rings. The summed E-state index contributed by atoms with van der Waals surface area (Å²) >= 11 is 1.94. The zero-order chi connectivity index (χ0) is 11.1. The van der Waals surface area contributed by atoms with Gasteiger partial charge in [-0.3, -0.25) is 0 Å². The fraction of sp³-hybridized carbons (Fsp3) is 0.667. The number of carboxylic acid groups (broad SMARTS) is 1. The van der Waals surface area contributed by atoms with Crippen molar-refractivity contribution >= 4 is 11.9 Å². The molecule has 8 heteroatoms. The Kier molecular flexibility index (Phi) is 7.42. The van der Waals surface area contributed by atoms with E-state index in [0.29, 0.717) is 0 Å².